The van der Waals surface area contributed by atoms with Crippen LogP contribution >= 0.6 is 11.6 Å². The number of methoxy groups -OCH3 is 1. The zero-order valence-corrected chi connectivity index (χ0v) is 18.0. The van der Waals surface area contributed by atoms with Crippen LogP contribution in [0, 0.1) is 0 Å². The predicted octanol–water partition coefficient (Wildman–Crippen LogP) is 1.80. The van der Waals surface area contributed by atoms with Gasteiger partial charge in [-0.2, -0.15) is 0 Å². The molecule has 3 rings (SSSR count). The van der Waals surface area contributed by atoms with Crippen molar-refractivity contribution < 1.29 is 19.2 Å². The molecule has 1 aliphatic rings. The highest BCUT2D eigenvalue weighted by atomic mass is 35.5. The highest BCUT2D eigenvalue weighted by Gasteiger charge is 2.27. The van der Waals surface area contributed by atoms with E-state index < -0.39 is 0 Å². The summed E-state index contributed by atoms with van der Waals surface area (Å²) in [7, 11) is 5.60. The summed E-state index contributed by atoms with van der Waals surface area (Å²) < 4.78 is 10.8. The topological polar surface area (TPSA) is 55.2 Å². The Kier molecular flexibility index (Phi) is 7.36. The van der Waals surface area contributed by atoms with E-state index in [1.807, 2.05) is 14.1 Å². The van der Waals surface area contributed by atoms with Crippen LogP contribution in [-0.2, 0) is 4.74 Å². The van der Waals surface area contributed by atoms with Crippen LogP contribution < -0.4 is 19.9 Å². The van der Waals surface area contributed by atoms with E-state index in [2.05, 4.69) is 34.5 Å². The van der Waals surface area contributed by atoms with Gasteiger partial charge in [-0.1, -0.05) is 23.7 Å². The molecule has 1 saturated heterocycles. The third-order valence-corrected chi connectivity index (χ3v) is 5.55. The van der Waals surface area contributed by atoms with Crippen LogP contribution in [0.25, 0.3) is 0 Å². The summed E-state index contributed by atoms with van der Waals surface area (Å²) >= 11 is 6.08. The second-order valence-electron chi connectivity index (χ2n) is 7.36. The molecule has 6 nitrogen and oxygen atoms in total. The molecule has 1 heterocycles. The molecule has 2 aromatic rings. The Labute approximate surface area is 177 Å². The zero-order valence-electron chi connectivity index (χ0n) is 17.2. The maximum Gasteiger partial charge on any atom is 0.255 e. The van der Waals surface area contributed by atoms with Gasteiger partial charge in [0.25, 0.3) is 5.91 Å². The summed E-state index contributed by atoms with van der Waals surface area (Å²) in [6.45, 7) is 3.81. The number of nitrogens with one attached hydrogen (secondary N) is 2. The number of quaternary nitrogens is 1. The number of nitrogens with zero attached hydrogens (tertiary/aromatic N) is 1. The first kappa shape index (κ1) is 21.4. The Hall–Kier alpha value is -2.28. The number of carbonyl (C=O) groups excluding carboxylic acids is 1. The number of morpholine rings is 1. The number of carbonyl (C=O) groups is 1. The molecule has 1 atom stereocenters. The number of anilines is 1. The van der Waals surface area contributed by atoms with Gasteiger partial charge in [0.2, 0.25) is 0 Å². The molecule has 7 heteroatoms. The van der Waals surface area contributed by atoms with Gasteiger partial charge in [0.15, 0.2) is 0 Å². The maximum atomic E-state index is 12.8. The normalized spacial score (nSPS) is 15.6. The Morgan fingerprint density at radius 2 is 1.90 bits per heavy atom. The van der Waals surface area contributed by atoms with Gasteiger partial charge in [-0.25, -0.2) is 0 Å². The van der Waals surface area contributed by atoms with Crippen molar-refractivity contribution in [2.75, 3.05) is 59.0 Å². The molecular formula is C22H29ClN3O3+. The number of hydrogen-bond acceptors (Lipinski definition) is 4. The van der Waals surface area contributed by atoms with Gasteiger partial charge < -0.3 is 24.6 Å². The predicted molar refractivity (Wildman–Crippen MR) is 115 cm³/mol. The van der Waals surface area contributed by atoms with E-state index >= 15 is 0 Å². The van der Waals surface area contributed by atoms with Crippen LogP contribution in [-0.4, -0.2) is 60.0 Å². The molecule has 0 bridgehead atoms. The lowest BCUT2D eigenvalue weighted by Crippen LogP contribution is -3.15. The molecule has 2 aromatic carbocycles. The van der Waals surface area contributed by atoms with Gasteiger partial charge in [0.05, 0.1) is 32.4 Å². The number of benzene rings is 2. The van der Waals surface area contributed by atoms with Crippen molar-refractivity contribution in [1.82, 2.24) is 5.32 Å². The van der Waals surface area contributed by atoms with Crippen molar-refractivity contribution >= 4 is 23.2 Å². The van der Waals surface area contributed by atoms with E-state index in [1.54, 1.807) is 25.3 Å². The van der Waals surface area contributed by atoms with Gasteiger partial charge in [-0.3, -0.25) is 4.79 Å². The fraction of sp³-hybridized carbons (Fsp3) is 0.409. The molecule has 0 spiro atoms. The zero-order chi connectivity index (χ0) is 20.8. The summed E-state index contributed by atoms with van der Waals surface area (Å²) in [6.07, 6.45) is 0. The van der Waals surface area contributed by atoms with Gasteiger partial charge in [-0.05, 0) is 30.3 Å². The Balaban J connectivity index is 1.78. The maximum absolute atomic E-state index is 12.8. The average Bonchev–Trinajstić information content (AvgIpc) is 2.74. The number of ether oxygens (including phenoxy) is 2. The molecule has 156 valence electrons. The highest BCUT2D eigenvalue weighted by Crippen LogP contribution is 2.23. The Morgan fingerprint density at radius 1 is 1.21 bits per heavy atom. The average molecular weight is 419 g/mol. The van der Waals surface area contributed by atoms with Crippen molar-refractivity contribution in [2.45, 2.75) is 6.04 Å². The second kappa shape index (κ2) is 9.96. The monoisotopic (exact) mass is 418 g/mol. The minimum atomic E-state index is -0.188. The van der Waals surface area contributed by atoms with Crippen LogP contribution in [0.15, 0.2) is 42.5 Å². The summed E-state index contributed by atoms with van der Waals surface area (Å²) in [5.41, 5.74) is 2.79. The van der Waals surface area contributed by atoms with Crippen molar-refractivity contribution in [1.29, 1.82) is 0 Å². The summed E-state index contributed by atoms with van der Waals surface area (Å²) in [5.74, 6) is 0.324. The minimum absolute atomic E-state index is 0.143. The summed E-state index contributed by atoms with van der Waals surface area (Å²) in [5, 5.41) is 3.59. The van der Waals surface area contributed by atoms with E-state index in [4.69, 9.17) is 21.1 Å². The molecule has 1 aliphatic heterocycles. The molecule has 0 aliphatic carbocycles. The van der Waals surface area contributed by atoms with Crippen LogP contribution in [0.2, 0.25) is 5.02 Å². The van der Waals surface area contributed by atoms with Crippen molar-refractivity contribution in [3.8, 4) is 5.75 Å². The van der Waals surface area contributed by atoms with E-state index in [0.29, 0.717) is 22.9 Å². The lowest BCUT2D eigenvalue weighted by molar-refractivity contribution is -0.937. The largest absolute Gasteiger partial charge is 0.496 e. The van der Waals surface area contributed by atoms with Crippen LogP contribution in [0.4, 0.5) is 5.69 Å². The standard InChI is InChI=1S/C22H28ClN3O3/c1-25(2)18-7-4-16(5-8-18)20(26-10-12-29-13-11-26)15-24-22(27)19-14-17(23)6-9-21(19)28-3/h4-9,14,20H,10-13,15H2,1-3H3,(H,24,27)/p+1/t20-/m1/s1. The molecule has 2 N–H and O–H groups in total. The van der Waals surface area contributed by atoms with Gasteiger partial charge >= 0.3 is 0 Å². The fourth-order valence-electron chi connectivity index (χ4n) is 3.63. The highest BCUT2D eigenvalue weighted by molar-refractivity contribution is 6.31. The number of halogens is 1. The number of rotatable bonds is 7. The lowest BCUT2D eigenvalue weighted by Gasteiger charge is -2.32. The quantitative estimate of drug-likeness (QED) is 0.720. The van der Waals surface area contributed by atoms with Crippen molar-refractivity contribution in [2.24, 2.45) is 0 Å². The SMILES string of the molecule is COc1ccc(Cl)cc1C(=O)NC[C@H](c1ccc(N(C)C)cc1)[NH+]1CCOCC1. The molecule has 1 amide bonds. The number of amides is 1. The van der Waals surface area contributed by atoms with Crippen LogP contribution in [0.5, 0.6) is 5.75 Å². The van der Waals surface area contributed by atoms with Gasteiger partial charge in [0, 0.05) is 30.4 Å². The molecule has 0 radical (unpaired) electrons. The molecular weight excluding hydrogens is 390 g/mol. The third kappa shape index (κ3) is 5.41. The van der Waals surface area contributed by atoms with Crippen LogP contribution in [0.1, 0.15) is 22.0 Å². The molecule has 29 heavy (non-hydrogen) atoms. The van der Waals surface area contributed by atoms with Gasteiger partial charge in [-0.15, -0.1) is 0 Å². The molecule has 1 fully saturated rings. The van der Waals surface area contributed by atoms with E-state index in [-0.39, 0.29) is 11.9 Å². The van der Waals surface area contributed by atoms with Crippen molar-refractivity contribution in [3.63, 3.8) is 0 Å². The second-order valence-corrected chi connectivity index (χ2v) is 7.80. The lowest BCUT2D eigenvalue weighted by atomic mass is 10.0. The van der Waals surface area contributed by atoms with E-state index in [0.717, 1.165) is 32.0 Å². The summed E-state index contributed by atoms with van der Waals surface area (Å²) in [6, 6.07) is 13.7. The minimum Gasteiger partial charge on any atom is -0.496 e. The molecule has 0 aromatic heterocycles. The van der Waals surface area contributed by atoms with Crippen molar-refractivity contribution in [3.05, 3.63) is 58.6 Å². The Bertz CT molecular complexity index is 821. The first-order chi connectivity index (χ1) is 14.0. The molecule has 0 saturated carbocycles. The van der Waals surface area contributed by atoms with Crippen LogP contribution in [0.3, 0.4) is 0 Å². The fourth-order valence-corrected chi connectivity index (χ4v) is 3.80. The Morgan fingerprint density at radius 3 is 2.52 bits per heavy atom. The first-order valence-electron chi connectivity index (χ1n) is 9.81. The van der Waals surface area contributed by atoms with E-state index in [9.17, 15) is 4.79 Å². The van der Waals surface area contributed by atoms with Gasteiger partial charge in [0.1, 0.15) is 24.9 Å². The first-order valence-corrected chi connectivity index (χ1v) is 10.2. The molecule has 0 unspecified atom stereocenters. The number of hydrogen-bond donors (Lipinski definition) is 2. The smallest absolute Gasteiger partial charge is 0.255 e. The summed E-state index contributed by atoms with van der Waals surface area (Å²) in [4.78, 5) is 16.3. The third-order valence-electron chi connectivity index (χ3n) is 5.31. The van der Waals surface area contributed by atoms with E-state index in [1.165, 1.54) is 10.5 Å².